The second-order valence-corrected chi connectivity index (χ2v) is 4.34. The molecule has 102 valence electrons. The zero-order valence-corrected chi connectivity index (χ0v) is 10.5. The molecule has 0 radical (unpaired) electrons. The summed E-state index contributed by atoms with van der Waals surface area (Å²) >= 11 is 0. The molecule has 1 atom stereocenters. The lowest BCUT2D eigenvalue weighted by atomic mass is 10.2. The van der Waals surface area contributed by atoms with E-state index >= 15 is 0 Å². The Morgan fingerprint density at radius 2 is 2.21 bits per heavy atom. The highest BCUT2D eigenvalue weighted by Crippen LogP contribution is 2.11. The van der Waals surface area contributed by atoms with E-state index in [2.05, 4.69) is 15.3 Å². The van der Waals surface area contributed by atoms with Gasteiger partial charge in [-0.05, 0) is 12.1 Å². The zero-order chi connectivity index (χ0) is 13.7. The molecule has 0 bridgehead atoms. The Hall–Kier alpha value is -1.92. The number of hydrogen-bond acceptors (Lipinski definition) is 4. The van der Waals surface area contributed by atoms with Crippen molar-refractivity contribution in [3.05, 3.63) is 30.1 Å². The number of fused-ring (bicyclic) bond motifs is 1. The number of imidazole rings is 1. The fourth-order valence-electron chi connectivity index (χ4n) is 1.74. The van der Waals surface area contributed by atoms with Gasteiger partial charge in [-0.1, -0.05) is 12.1 Å². The highest BCUT2D eigenvalue weighted by atomic mass is 16.3. The summed E-state index contributed by atoms with van der Waals surface area (Å²) in [7, 11) is 0. The predicted molar refractivity (Wildman–Crippen MR) is 70.5 cm³/mol. The van der Waals surface area contributed by atoms with Crippen molar-refractivity contribution in [2.45, 2.75) is 18.9 Å². The van der Waals surface area contributed by atoms with E-state index in [4.69, 9.17) is 10.2 Å². The van der Waals surface area contributed by atoms with Gasteiger partial charge in [-0.25, -0.2) is 4.98 Å². The first kappa shape index (κ1) is 13.5. The van der Waals surface area contributed by atoms with Gasteiger partial charge in [0.1, 0.15) is 5.82 Å². The molecule has 0 aliphatic heterocycles. The lowest BCUT2D eigenvalue weighted by Gasteiger charge is -2.08. The van der Waals surface area contributed by atoms with Crippen molar-refractivity contribution in [3.63, 3.8) is 0 Å². The van der Waals surface area contributed by atoms with Gasteiger partial charge in [0, 0.05) is 19.4 Å². The minimum atomic E-state index is -0.907. The molecule has 0 fully saturated rings. The predicted octanol–water partition coefficient (Wildman–Crippen LogP) is -0.0351. The quantitative estimate of drug-likeness (QED) is 0.588. The molecule has 0 saturated carbocycles. The number of carbonyl (C=O) groups is 1. The van der Waals surface area contributed by atoms with Crippen LogP contribution in [0.4, 0.5) is 0 Å². The highest BCUT2D eigenvalue weighted by Gasteiger charge is 2.08. The van der Waals surface area contributed by atoms with E-state index < -0.39 is 6.10 Å². The van der Waals surface area contributed by atoms with Gasteiger partial charge < -0.3 is 20.5 Å². The summed E-state index contributed by atoms with van der Waals surface area (Å²) in [5.74, 6) is 0.590. The lowest BCUT2D eigenvalue weighted by Crippen LogP contribution is -2.34. The van der Waals surface area contributed by atoms with Gasteiger partial charge in [-0.15, -0.1) is 0 Å². The number of aromatic amines is 1. The largest absolute Gasteiger partial charge is 0.394 e. The van der Waals surface area contributed by atoms with E-state index in [-0.39, 0.29) is 25.5 Å². The van der Waals surface area contributed by atoms with Gasteiger partial charge >= 0.3 is 0 Å². The lowest BCUT2D eigenvalue weighted by molar-refractivity contribution is -0.121. The minimum absolute atomic E-state index is 0.0649. The van der Waals surface area contributed by atoms with Crippen LogP contribution in [-0.2, 0) is 11.2 Å². The van der Waals surface area contributed by atoms with E-state index in [0.29, 0.717) is 6.42 Å². The third-order valence-corrected chi connectivity index (χ3v) is 2.77. The second kappa shape index (κ2) is 6.31. The maximum absolute atomic E-state index is 11.5. The van der Waals surface area contributed by atoms with E-state index in [1.807, 2.05) is 24.3 Å². The number of hydrogen-bond donors (Lipinski definition) is 4. The van der Waals surface area contributed by atoms with Crippen LogP contribution in [0.5, 0.6) is 0 Å². The molecule has 2 rings (SSSR count). The van der Waals surface area contributed by atoms with Crippen molar-refractivity contribution >= 4 is 16.9 Å². The molecule has 0 spiro atoms. The standard InChI is InChI=1S/C13H17N3O3/c17-8-9(18)7-14-13(19)6-5-12-15-10-3-1-2-4-11(10)16-12/h1-4,9,17-18H,5-8H2,(H,14,19)(H,15,16). The number of aromatic nitrogens is 2. The summed E-state index contributed by atoms with van der Waals surface area (Å²) < 4.78 is 0. The van der Waals surface area contributed by atoms with Crippen LogP contribution < -0.4 is 5.32 Å². The number of aliphatic hydroxyl groups is 2. The van der Waals surface area contributed by atoms with Gasteiger partial charge in [-0.3, -0.25) is 4.79 Å². The molecule has 6 nitrogen and oxygen atoms in total. The fraction of sp³-hybridized carbons (Fsp3) is 0.385. The van der Waals surface area contributed by atoms with Crippen molar-refractivity contribution in [3.8, 4) is 0 Å². The van der Waals surface area contributed by atoms with E-state index in [1.165, 1.54) is 0 Å². The monoisotopic (exact) mass is 263 g/mol. The molecule has 1 aromatic carbocycles. The van der Waals surface area contributed by atoms with Crippen LogP contribution in [0, 0.1) is 0 Å². The van der Waals surface area contributed by atoms with Crippen molar-refractivity contribution in [1.82, 2.24) is 15.3 Å². The maximum atomic E-state index is 11.5. The number of amides is 1. The number of aliphatic hydroxyl groups excluding tert-OH is 2. The number of rotatable bonds is 6. The molecule has 1 aromatic heterocycles. The Morgan fingerprint density at radius 3 is 2.95 bits per heavy atom. The van der Waals surface area contributed by atoms with Crippen LogP contribution in [0.1, 0.15) is 12.2 Å². The van der Waals surface area contributed by atoms with Crippen molar-refractivity contribution in [2.24, 2.45) is 0 Å². The number of para-hydroxylation sites is 2. The third-order valence-electron chi connectivity index (χ3n) is 2.77. The summed E-state index contributed by atoms with van der Waals surface area (Å²) in [5, 5.41) is 20.3. The van der Waals surface area contributed by atoms with Crippen LogP contribution in [0.15, 0.2) is 24.3 Å². The average molecular weight is 263 g/mol. The second-order valence-electron chi connectivity index (χ2n) is 4.34. The van der Waals surface area contributed by atoms with Crippen molar-refractivity contribution < 1.29 is 15.0 Å². The van der Waals surface area contributed by atoms with Gasteiger partial charge in [0.15, 0.2) is 0 Å². The highest BCUT2D eigenvalue weighted by molar-refractivity contribution is 5.77. The number of benzene rings is 1. The number of nitrogens with one attached hydrogen (secondary N) is 2. The summed E-state index contributed by atoms with van der Waals surface area (Å²) in [4.78, 5) is 19.0. The first-order valence-corrected chi connectivity index (χ1v) is 6.18. The van der Waals surface area contributed by atoms with Crippen LogP contribution in [0.3, 0.4) is 0 Å². The first-order chi connectivity index (χ1) is 9.19. The fourth-order valence-corrected chi connectivity index (χ4v) is 1.74. The Morgan fingerprint density at radius 1 is 1.42 bits per heavy atom. The van der Waals surface area contributed by atoms with E-state index in [9.17, 15) is 4.79 Å². The van der Waals surface area contributed by atoms with Crippen molar-refractivity contribution in [1.29, 1.82) is 0 Å². The topological polar surface area (TPSA) is 98.2 Å². The normalized spacial score (nSPS) is 12.5. The van der Waals surface area contributed by atoms with Crippen LogP contribution in [0.25, 0.3) is 11.0 Å². The molecular weight excluding hydrogens is 246 g/mol. The maximum Gasteiger partial charge on any atom is 0.220 e. The Bertz CT molecular complexity index is 520. The SMILES string of the molecule is O=C(CCc1nc2ccccc2[nH]1)NCC(O)CO. The van der Waals surface area contributed by atoms with Crippen LogP contribution in [0.2, 0.25) is 0 Å². The molecule has 0 aliphatic carbocycles. The van der Waals surface area contributed by atoms with Crippen LogP contribution in [-0.4, -0.2) is 45.3 Å². The van der Waals surface area contributed by atoms with Gasteiger partial charge in [0.25, 0.3) is 0 Å². The smallest absolute Gasteiger partial charge is 0.220 e. The molecule has 6 heteroatoms. The molecule has 2 aromatic rings. The van der Waals surface area contributed by atoms with E-state index in [1.54, 1.807) is 0 Å². The molecule has 0 saturated heterocycles. The van der Waals surface area contributed by atoms with Crippen LogP contribution >= 0.6 is 0 Å². The molecule has 1 unspecified atom stereocenters. The molecular formula is C13H17N3O3. The molecule has 0 aliphatic rings. The average Bonchev–Trinajstić information content (AvgIpc) is 2.85. The summed E-state index contributed by atoms with van der Waals surface area (Å²) in [6.07, 6.45) is -0.108. The molecule has 19 heavy (non-hydrogen) atoms. The molecule has 1 amide bonds. The number of carbonyl (C=O) groups excluding carboxylic acids is 1. The van der Waals surface area contributed by atoms with Crippen molar-refractivity contribution in [2.75, 3.05) is 13.2 Å². The number of nitrogens with zero attached hydrogens (tertiary/aromatic N) is 1. The molecule has 4 N–H and O–H groups in total. The minimum Gasteiger partial charge on any atom is -0.394 e. The zero-order valence-electron chi connectivity index (χ0n) is 10.5. The number of H-pyrrole nitrogens is 1. The Balaban J connectivity index is 1.83. The van der Waals surface area contributed by atoms with Gasteiger partial charge in [0.05, 0.1) is 23.7 Å². The third kappa shape index (κ3) is 3.77. The van der Waals surface area contributed by atoms with Gasteiger partial charge in [-0.2, -0.15) is 0 Å². The summed E-state index contributed by atoms with van der Waals surface area (Å²) in [5.41, 5.74) is 1.84. The van der Waals surface area contributed by atoms with Gasteiger partial charge in [0.2, 0.25) is 5.91 Å². The summed E-state index contributed by atoms with van der Waals surface area (Å²) in [6.45, 7) is -0.292. The summed E-state index contributed by atoms with van der Waals surface area (Å²) in [6, 6.07) is 7.68. The Labute approximate surface area is 110 Å². The molecule has 1 heterocycles. The first-order valence-electron chi connectivity index (χ1n) is 6.18. The van der Waals surface area contributed by atoms with E-state index in [0.717, 1.165) is 16.9 Å². The Kier molecular flexibility index (Phi) is 4.48. The number of aryl methyl sites for hydroxylation is 1.